The second-order valence-corrected chi connectivity index (χ2v) is 5.47. The van der Waals surface area contributed by atoms with Gasteiger partial charge < -0.3 is 10.4 Å². The van der Waals surface area contributed by atoms with Crippen LogP contribution in [0.4, 0.5) is 5.69 Å². The van der Waals surface area contributed by atoms with Crippen LogP contribution in [0.3, 0.4) is 0 Å². The third-order valence-corrected chi connectivity index (χ3v) is 3.96. The summed E-state index contributed by atoms with van der Waals surface area (Å²) in [6.07, 6.45) is 1.26. The average Bonchev–Trinajstić information content (AvgIpc) is 2.64. The molecule has 0 unspecified atom stereocenters. The first-order valence-electron chi connectivity index (χ1n) is 6.16. The summed E-state index contributed by atoms with van der Waals surface area (Å²) in [6, 6.07) is 3.86. The number of benzene rings is 1. The van der Waals surface area contributed by atoms with Gasteiger partial charge in [0.25, 0.3) is 11.8 Å². The predicted molar refractivity (Wildman–Crippen MR) is 79.1 cm³/mol. The van der Waals surface area contributed by atoms with E-state index in [9.17, 15) is 9.59 Å². The van der Waals surface area contributed by atoms with Crippen molar-refractivity contribution in [2.24, 2.45) is 0 Å². The Kier molecular flexibility index (Phi) is 4.25. The second kappa shape index (κ2) is 5.76. The molecular formula is C14H15BrN2O3. The normalized spacial score (nSPS) is 14.8. The van der Waals surface area contributed by atoms with E-state index < -0.39 is 11.8 Å². The smallest absolute Gasteiger partial charge is 0.277 e. The third-order valence-electron chi connectivity index (χ3n) is 3.11. The van der Waals surface area contributed by atoms with Gasteiger partial charge in [-0.05, 0) is 37.1 Å². The molecule has 2 N–H and O–H groups in total. The average molecular weight is 339 g/mol. The summed E-state index contributed by atoms with van der Waals surface area (Å²) in [7, 11) is 0. The van der Waals surface area contributed by atoms with Crippen LogP contribution in [-0.2, 0) is 9.59 Å². The zero-order valence-corrected chi connectivity index (χ0v) is 12.8. The summed E-state index contributed by atoms with van der Waals surface area (Å²) >= 11 is 3.44. The van der Waals surface area contributed by atoms with E-state index >= 15 is 0 Å². The minimum absolute atomic E-state index is 0.0116. The van der Waals surface area contributed by atoms with E-state index in [1.807, 2.05) is 26.0 Å². The molecule has 0 fully saturated rings. The molecule has 0 aliphatic carbocycles. The largest absolute Gasteiger partial charge is 0.395 e. The maximum absolute atomic E-state index is 12.0. The molecule has 1 aliphatic rings. The van der Waals surface area contributed by atoms with Gasteiger partial charge in [-0.1, -0.05) is 15.9 Å². The number of imide groups is 1. The zero-order valence-electron chi connectivity index (χ0n) is 11.2. The molecule has 0 bridgehead atoms. The zero-order chi connectivity index (χ0) is 14.9. The van der Waals surface area contributed by atoms with Crippen molar-refractivity contribution >= 4 is 33.4 Å². The Morgan fingerprint density at radius 1 is 1.25 bits per heavy atom. The molecule has 2 amide bonds. The van der Waals surface area contributed by atoms with Crippen molar-refractivity contribution in [3.63, 3.8) is 0 Å². The van der Waals surface area contributed by atoms with Gasteiger partial charge in [0.15, 0.2) is 0 Å². The predicted octanol–water partition coefficient (Wildman–Crippen LogP) is 1.72. The van der Waals surface area contributed by atoms with E-state index in [1.165, 1.54) is 6.08 Å². The Morgan fingerprint density at radius 3 is 2.60 bits per heavy atom. The third kappa shape index (κ3) is 2.76. The lowest BCUT2D eigenvalue weighted by Crippen LogP contribution is -2.34. The van der Waals surface area contributed by atoms with Gasteiger partial charge in [0.1, 0.15) is 5.70 Å². The maximum Gasteiger partial charge on any atom is 0.277 e. The van der Waals surface area contributed by atoms with Crippen LogP contribution in [0.25, 0.3) is 0 Å². The van der Waals surface area contributed by atoms with E-state index in [0.29, 0.717) is 0 Å². The molecular weight excluding hydrogens is 324 g/mol. The molecule has 1 aromatic carbocycles. The quantitative estimate of drug-likeness (QED) is 0.820. The van der Waals surface area contributed by atoms with E-state index in [-0.39, 0.29) is 18.8 Å². The molecule has 1 aromatic rings. The number of carbonyl (C=O) groups excluding carboxylic acids is 2. The highest BCUT2D eigenvalue weighted by atomic mass is 79.9. The van der Waals surface area contributed by atoms with Crippen LogP contribution in [0.2, 0.25) is 0 Å². The number of aliphatic hydroxyl groups is 1. The summed E-state index contributed by atoms with van der Waals surface area (Å²) in [4.78, 5) is 24.7. The van der Waals surface area contributed by atoms with Crippen LogP contribution in [-0.4, -0.2) is 35.0 Å². The van der Waals surface area contributed by atoms with Crippen LogP contribution >= 0.6 is 15.9 Å². The Morgan fingerprint density at radius 2 is 1.95 bits per heavy atom. The fourth-order valence-corrected chi connectivity index (χ4v) is 2.43. The number of anilines is 1. The fourth-order valence-electron chi connectivity index (χ4n) is 1.97. The fraction of sp³-hybridized carbons (Fsp3) is 0.286. The molecule has 20 heavy (non-hydrogen) atoms. The Labute approximate surface area is 125 Å². The number of β-amino-alcohol motifs (C(OH)–C–C–N with tert-alkyl or cyclic N) is 1. The van der Waals surface area contributed by atoms with E-state index in [1.54, 1.807) is 0 Å². The lowest BCUT2D eigenvalue weighted by atomic mass is 10.1. The monoisotopic (exact) mass is 338 g/mol. The highest BCUT2D eigenvalue weighted by Crippen LogP contribution is 2.26. The number of rotatable bonds is 4. The number of halogens is 1. The number of aryl methyl sites for hydroxylation is 2. The number of carbonyl (C=O) groups is 2. The maximum atomic E-state index is 12.0. The first-order chi connectivity index (χ1) is 9.43. The van der Waals surface area contributed by atoms with Crippen molar-refractivity contribution in [2.75, 3.05) is 18.5 Å². The van der Waals surface area contributed by atoms with Crippen molar-refractivity contribution in [3.8, 4) is 0 Å². The van der Waals surface area contributed by atoms with Gasteiger partial charge in [-0.25, -0.2) is 0 Å². The molecule has 5 nitrogen and oxygen atoms in total. The van der Waals surface area contributed by atoms with Gasteiger partial charge in [0.05, 0.1) is 13.2 Å². The first-order valence-corrected chi connectivity index (χ1v) is 6.95. The molecule has 6 heteroatoms. The number of hydrogen-bond donors (Lipinski definition) is 2. The lowest BCUT2D eigenvalue weighted by Gasteiger charge is -2.15. The van der Waals surface area contributed by atoms with Crippen LogP contribution < -0.4 is 5.32 Å². The molecule has 0 atom stereocenters. The van der Waals surface area contributed by atoms with Crippen molar-refractivity contribution in [2.45, 2.75) is 13.8 Å². The molecule has 0 radical (unpaired) electrons. The lowest BCUT2D eigenvalue weighted by molar-refractivity contribution is -0.137. The van der Waals surface area contributed by atoms with Gasteiger partial charge in [0.2, 0.25) is 0 Å². The SMILES string of the molecule is Cc1cc(NC2=CC(=O)N(CCO)C2=O)c(C)cc1Br. The molecule has 0 saturated heterocycles. The molecule has 1 aliphatic heterocycles. The summed E-state index contributed by atoms with van der Waals surface area (Å²) in [5.41, 5.74) is 3.00. The molecule has 0 spiro atoms. The van der Waals surface area contributed by atoms with Crippen LogP contribution in [0.5, 0.6) is 0 Å². The van der Waals surface area contributed by atoms with Crippen molar-refractivity contribution in [1.29, 1.82) is 0 Å². The van der Waals surface area contributed by atoms with E-state index in [2.05, 4.69) is 21.2 Å². The van der Waals surface area contributed by atoms with Crippen LogP contribution in [0.15, 0.2) is 28.4 Å². The van der Waals surface area contributed by atoms with Crippen molar-refractivity contribution in [1.82, 2.24) is 4.90 Å². The Bertz CT molecular complexity index is 611. The number of aliphatic hydroxyl groups excluding tert-OH is 1. The molecule has 2 rings (SSSR count). The molecule has 1 heterocycles. The first kappa shape index (κ1) is 14.7. The van der Waals surface area contributed by atoms with Crippen molar-refractivity contribution < 1.29 is 14.7 Å². The summed E-state index contributed by atoms with van der Waals surface area (Å²) in [5.74, 6) is -0.818. The van der Waals surface area contributed by atoms with Crippen LogP contribution in [0, 0.1) is 13.8 Å². The van der Waals surface area contributed by atoms with E-state index in [0.717, 1.165) is 26.2 Å². The molecule has 0 aromatic heterocycles. The van der Waals surface area contributed by atoms with Gasteiger partial charge in [-0.2, -0.15) is 0 Å². The minimum Gasteiger partial charge on any atom is -0.395 e. The van der Waals surface area contributed by atoms with Gasteiger partial charge in [-0.3, -0.25) is 14.5 Å². The van der Waals surface area contributed by atoms with Crippen LogP contribution in [0.1, 0.15) is 11.1 Å². The Balaban J connectivity index is 2.23. The standard InChI is InChI=1S/C14H15BrN2O3/c1-8-6-11(9(2)5-10(8)15)16-12-7-13(19)17(3-4-18)14(12)20/h5-7,16,18H,3-4H2,1-2H3. The summed E-state index contributed by atoms with van der Waals surface area (Å²) < 4.78 is 0.991. The number of nitrogens with zero attached hydrogens (tertiary/aromatic N) is 1. The van der Waals surface area contributed by atoms with Gasteiger partial charge in [0, 0.05) is 16.2 Å². The summed E-state index contributed by atoms with van der Waals surface area (Å²) in [6.45, 7) is 3.63. The van der Waals surface area contributed by atoms with Gasteiger partial charge in [-0.15, -0.1) is 0 Å². The Hall–Kier alpha value is -1.66. The topological polar surface area (TPSA) is 69.6 Å². The number of hydrogen-bond acceptors (Lipinski definition) is 4. The molecule has 0 saturated carbocycles. The summed E-state index contributed by atoms with van der Waals surface area (Å²) in [5, 5.41) is 11.8. The number of nitrogens with one attached hydrogen (secondary N) is 1. The second-order valence-electron chi connectivity index (χ2n) is 4.62. The highest BCUT2D eigenvalue weighted by Gasteiger charge is 2.30. The highest BCUT2D eigenvalue weighted by molar-refractivity contribution is 9.10. The minimum atomic E-state index is -0.413. The van der Waals surface area contributed by atoms with Gasteiger partial charge >= 0.3 is 0 Å². The molecule has 106 valence electrons. The van der Waals surface area contributed by atoms with E-state index in [4.69, 9.17) is 5.11 Å². The number of amides is 2. The van der Waals surface area contributed by atoms with Crippen molar-refractivity contribution in [3.05, 3.63) is 39.5 Å².